The van der Waals surface area contributed by atoms with Gasteiger partial charge in [0, 0.05) is 11.7 Å². The minimum atomic E-state index is -0.937. The molecule has 1 aromatic rings. The van der Waals surface area contributed by atoms with Crippen molar-refractivity contribution in [1.29, 1.82) is 0 Å². The number of rotatable bonds is 5. The standard InChI is InChI=1S/C13H19N3O3/c1-8-5-4-6-11(15-8)7-14-13(19)16-10(3)9(2)12(17)18/h4-6,9-10H,7H2,1-3H3,(H,17,18)(H2,14,16,19). The van der Waals surface area contributed by atoms with Crippen molar-refractivity contribution in [3.63, 3.8) is 0 Å². The predicted octanol–water partition coefficient (Wildman–Crippen LogP) is 1.30. The molecule has 0 fully saturated rings. The molecule has 1 heterocycles. The van der Waals surface area contributed by atoms with Crippen LogP contribution in [0.3, 0.4) is 0 Å². The first-order chi connectivity index (χ1) is 8.90. The first-order valence-corrected chi connectivity index (χ1v) is 6.10. The number of aryl methyl sites for hydroxylation is 1. The SMILES string of the molecule is Cc1cccc(CNC(=O)NC(C)C(C)C(=O)O)n1. The molecular formula is C13H19N3O3. The highest BCUT2D eigenvalue weighted by atomic mass is 16.4. The van der Waals surface area contributed by atoms with E-state index in [9.17, 15) is 9.59 Å². The molecule has 2 atom stereocenters. The average Bonchev–Trinajstić information content (AvgIpc) is 2.35. The molecule has 2 unspecified atom stereocenters. The predicted molar refractivity (Wildman–Crippen MR) is 70.6 cm³/mol. The maximum absolute atomic E-state index is 11.6. The highest BCUT2D eigenvalue weighted by molar-refractivity contribution is 5.76. The van der Waals surface area contributed by atoms with Gasteiger partial charge in [0.15, 0.2) is 0 Å². The lowest BCUT2D eigenvalue weighted by Gasteiger charge is -2.18. The number of pyridine rings is 1. The summed E-state index contributed by atoms with van der Waals surface area (Å²) >= 11 is 0. The fourth-order valence-corrected chi connectivity index (χ4v) is 1.47. The monoisotopic (exact) mass is 265 g/mol. The average molecular weight is 265 g/mol. The number of carbonyl (C=O) groups is 2. The number of carboxylic acid groups (broad SMARTS) is 1. The summed E-state index contributed by atoms with van der Waals surface area (Å²) in [6, 6.07) is 4.72. The Morgan fingerprint density at radius 1 is 1.37 bits per heavy atom. The van der Waals surface area contributed by atoms with Gasteiger partial charge in [-0.15, -0.1) is 0 Å². The van der Waals surface area contributed by atoms with Gasteiger partial charge >= 0.3 is 12.0 Å². The van der Waals surface area contributed by atoms with Crippen LogP contribution in [0.2, 0.25) is 0 Å². The van der Waals surface area contributed by atoms with Crippen LogP contribution in [0.1, 0.15) is 25.2 Å². The van der Waals surface area contributed by atoms with E-state index in [1.54, 1.807) is 13.8 Å². The van der Waals surface area contributed by atoms with Crippen molar-refractivity contribution in [2.24, 2.45) is 5.92 Å². The molecule has 19 heavy (non-hydrogen) atoms. The molecule has 0 spiro atoms. The highest BCUT2D eigenvalue weighted by Gasteiger charge is 2.20. The van der Waals surface area contributed by atoms with E-state index in [1.165, 1.54) is 0 Å². The van der Waals surface area contributed by atoms with E-state index in [0.717, 1.165) is 11.4 Å². The molecule has 0 bridgehead atoms. The van der Waals surface area contributed by atoms with Crippen molar-refractivity contribution in [3.05, 3.63) is 29.6 Å². The van der Waals surface area contributed by atoms with Gasteiger partial charge in [0.1, 0.15) is 0 Å². The zero-order chi connectivity index (χ0) is 14.4. The van der Waals surface area contributed by atoms with E-state index in [-0.39, 0.29) is 0 Å². The van der Waals surface area contributed by atoms with Gasteiger partial charge in [-0.25, -0.2) is 4.79 Å². The second-order valence-corrected chi connectivity index (χ2v) is 4.51. The smallest absolute Gasteiger partial charge is 0.315 e. The molecule has 1 rings (SSSR count). The van der Waals surface area contributed by atoms with Gasteiger partial charge in [-0.1, -0.05) is 6.07 Å². The summed E-state index contributed by atoms with van der Waals surface area (Å²) in [6.07, 6.45) is 0. The van der Waals surface area contributed by atoms with Crippen LogP contribution in [0.25, 0.3) is 0 Å². The Morgan fingerprint density at radius 2 is 2.05 bits per heavy atom. The molecule has 2 amide bonds. The van der Waals surface area contributed by atoms with E-state index in [4.69, 9.17) is 5.11 Å². The zero-order valence-electron chi connectivity index (χ0n) is 11.3. The van der Waals surface area contributed by atoms with Crippen LogP contribution in [0.4, 0.5) is 4.79 Å². The first kappa shape index (κ1) is 14.9. The maximum Gasteiger partial charge on any atom is 0.315 e. The van der Waals surface area contributed by atoms with Gasteiger partial charge in [0.05, 0.1) is 18.2 Å². The van der Waals surface area contributed by atoms with Crippen LogP contribution in [0, 0.1) is 12.8 Å². The molecule has 6 heteroatoms. The van der Waals surface area contributed by atoms with E-state index in [1.807, 2.05) is 25.1 Å². The lowest BCUT2D eigenvalue weighted by atomic mass is 10.0. The maximum atomic E-state index is 11.6. The molecule has 0 aliphatic rings. The topological polar surface area (TPSA) is 91.3 Å². The number of carbonyl (C=O) groups excluding carboxylic acids is 1. The van der Waals surface area contributed by atoms with Crippen LogP contribution in [0.5, 0.6) is 0 Å². The van der Waals surface area contributed by atoms with Gasteiger partial charge in [-0.05, 0) is 32.9 Å². The zero-order valence-corrected chi connectivity index (χ0v) is 11.3. The molecule has 0 aliphatic carbocycles. The van der Waals surface area contributed by atoms with Crippen molar-refractivity contribution in [2.45, 2.75) is 33.4 Å². The fourth-order valence-electron chi connectivity index (χ4n) is 1.47. The highest BCUT2D eigenvalue weighted by Crippen LogP contribution is 2.02. The summed E-state index contributed by atoms with van der Waals surface area (Å²) in [7, 11) is 0. The number of nitrogens with one attached hydrogen (secondary N) is 2. The molecule has 3 N–H and O–H groups in total. The van der Waals surface area contributed by atoms with Crippen molar-refractivity contribution >= 4 is 12.0 Å². The molecule has 104 valence electrons. The first-order valence-electron chi connectivity index (χ1n) is 6.10. The van der Waals surface area contributed by atoms with Crippen LogP contribution in [0.15, 0.2) is 18.2 Å². The minimum Gasteiger partial charge on any atom is -0.481 e. The van der Waals surface area contributed by atoms with E-state index < -0.39 is 24.0 Å². The van der Waals surface area contributed by atoms with E-state index in [2.05, 4.69) is 15.6 Å². The van der Waals surface area contributed by atoms with Crippen LogP contribution < -0.4 is 10.6 Å². The van der Waals surface area contributed by atoms with Crippen molar-refractivity contribution in [3.8, 4) is 0 Å². The number of hydrogen-bond donors (Lipinski definition) is 3. The van der Waals surface area contributed by atoms with Crippen molar-refractivity contribution < 1.29 is 14.7 Å². The third kappa shape index (κ3) is 4.95. The van der Waals surface area contributed by atoms with Crippen molar-refractivity contribution in [1.82, 2.24) is 15.6 Å². The molecule has 0 aromatic carbocycles. The summed E-state index contributed by atoms with van der Waals surface area (Å²) in [4.78, 5) is 26.6. The Kier molecular flexibility index (Phi) is 5.29. The Bertz CT molecular complexity index is 462. The number of urea groups is 1. The summed E-state index contributed by atoms with van der Waals surface area (Å²) in [6.45, 7) is 5.39. The summed E-state index contributed by atoms with van der Waals surface area (Å²) in [5, 5.41) is 14.1. The lowest BCUT2D eigenvalue weighted by Crippen LogP contribution is -2.45. The third-order valence-corrected chi connectivity index (χ3v) is 2.87. The molecule has 1 aromatic heterocycles. The van der Waals surface area contributed by atoms with Gasteiger partial charge < -0.3 is 15.7 Å². The van der Waals surface area contributed by atoms with Crippen molar-refractivity contribution in [2.75, 3.05) is 0 Å². The quantitative estimate of drug-likeness (QED) is 0.748. The lowest BCUT2D eigenvalue weighted by molar-refractivity contribution is -0.141. The molecule has 0 saturated carbocycles. The molecule has 6 nitrogen and oxygen atoms in total. The van der Waals surface area contributed by atoms with E-state index in [0.29, 0.717) is 6.54 Å². The minimum absolute atomic E-state index is 0.307. The molecule has 0 aliphatic heterocycles. The largest absolute Gasteiger partial charge is 0.481 e. The van der Waals surface area contributed by atoms with Crippen LogP contribution in [-0.2, 0) is 11.3 Å². The number of aliphatic carboxylic acids is 1. The van der Waals surface area contributed by atoms with Gasteiger partial charge in [-0.2, -0.15) is 0 Å². The Hall–Kier alpha value is -2.11. The number of carboxylic acids is 1. The number of nitrogens with zero attached hydrogens (tertiary/aromatic N) is 1. The molecule has 0 radical (unpaired) electrons. The van der Waals surface area contributed by atoms with Gasteiger partial charge in [0.2, 0.25) is 0 Å². The Labute approximate surface area is 112 Å². The van der Waals surface area contributed by atoms with E-state index >= 15 is 0 Å². The number of hydrogen-bond acceptors (Lipinski definition) is 3. The second kappa shape index (κ2) is 6.72. The summed E-state index contributed by atoms with van der Waals surface area (Å²) in [5.74, 6) is -1.57. The fraction of sp³-hybridized carbons (Fsp3) is 0.462. The summed E-state index contributed by atoms with van der Waals surface area (Å²) in [5.41, 5.74) is 1.64. The number of amides is 2. The van der Waals surface area contributed by atoms with Gasteiger partial charge in [-0.3, -0.25) is 9.78 Å². The molecular weight excluding hydrogens is 246 g/mol. The normalized spacial score (nSPS) is 13.4. The summed E-state index contributed by atoms with van der Waals surface area (Å²) < 4.78 is 0. The Morgan fingerprint density at radius 3 is 2.63 bits per heavy atom. The van der Waals surface area contributed by atoms with Crippen LogP contribution >= 0.6 is 0 Å². The number of aromatic nitrogens is 1. The second-order valence-electron chi connectivity index (χ2n) is 4.51. The van der Waals surface area contributed by atoms with Gasteiger partial charge in [0.25, 0.3) is 0 Å². The Balaban J connectivity index is 2.42. The molecule has 0 saturated heterocycles. The van der Waals surface area contributed by atoms with Crippen LogP contribution in [-0.4, -0.2) is 28.1 Å². The third-order valence-electron chi connectivity index (χ3n) is 2.87.